The van der Waals surface area contributed by atoms with Crippen molar-refractivity contribution in [3.63, 3.8) is 0 Å². The average Bonchev–Trinajstić information content (AvgIpc) is 3.06. The van der Waals surface area contributed by atoms with Gasteiger partial charge in [0, 0.05) is 18.3 Å². The second-order valence-corrected chi connectivity index (χ2v) is 7.65. The van der Waals surface area contributed by atoms with Crippen LogP contribution in [0, 0.1) is 13.8 Å². The highest BCUT2D eigenvalue weighted by Gasteiger charge is 2.13. The zero-order valence-corrected chi connectivity index (χ0v) is 17.4. The summed E-state index contributed by atoms with van der Waals surface area (Å²) >= 11 is 1.30. The van der Waals surface area contributed by atoms with Crippen LogP contribution >= 0.6 is 11.8 Å². The monoisotopic (exact) mass is 409 g/mol. The third kappa shape index (κ3) is 5.68. The minimum absolute atomic E-state index is 0.115. The molecule has 0 aliphatic rings. The van der Waals surface area contributed by atoms with E-state index in [4.69, 9.17) is 0 Å². The summed E-state index contributed by atoms with van der Waals surface area (Å²) < 4.78 is 1.78. The quantitative estimate of drug-likeness (QED) is 0.586. The van der Waals surface area contributed by atoms with E-state index in [1.165, 1.54) is 11.8 Å². The lowest BCUT2D eigenvalue weighted by molar-refractivity contribution is -0.113. The number of carbonyl (C=O) groups excluding carboxylic acids is 2. The van der Waals surface area contributed by atoms with Crippen LogP contribution in [-0.4, -0.2) is 32.3 Å². The number of amides is 2. The van der Waals surface area contributed by atoms with Gasteiger partial charge in [0.1, 0.15) is 0 Å². The number of anilines is 1. The Hall–Kier alpha value is -3.13. The number of nitrogens with zero attached hydrogens (tertiary/aromatic N) is 3. The van der Waals surface area contributed by atoms with Gasteiger partial charge in [-0.3, -0.25) is 9.59 Å². The van der Waals surface area contributed by atoms with E-state index in [0.29, 0.717) is 16.5 Å². The van der Waals surface area contributed by atoms with E-state index in [2.05, 4.69) is 20.8 Å². The standard InChI is InChI=1S/C21H23N5O2S/c1-14-4-8-16(9-5-14)20(28)22-12-18-24-25-21(26(18)3)29-13-19(27)23-17-10-6-15(2)7-11-17/h4-11H,12-13H2,1-3H3,(H,22,28)(H,23,27). The number of aromatic nitrogens is 3. The van der Waals surface area contributed by atoms with Crippen molar-refractivity contribution in [1.82, 2.24) is 20.1 Å². The minimum atomic E-state index is -0.167. The first-order valence-corrected chi connectivity index (χ1v) is 10.1. The first-order valence-electron chi connectivity index (χ1n) is 9.15. The molecular weight excluding hydrogens is 386 g/mol. The molecule has 0 saturated heterocycles. The van der Waals surface area contributed by atoms with Crippen molar-refractivity contribution in [2.75, 3.05) is 11.1 Å². The molecule has 2 aromatic carbocycles. The lowest BCUT2D eigenvalue weighted by Crippen LogP contribution is -2.24. The number of carbonyl (C=O) groups is 2. The predicted molar refractivity (Wildman–Crippen MR) is 114 cm³/mol. The number of thioether (sulfide) groups is 1. The number of aryl methyl sites for hydroxylation is 2. The van der Waals surface area contributed by atoms with Crippen LogP contribution < -0.4 is 10.6 Å². The number of benzene rings is 2. The Morgan fingerprint density at radius 1 is 0.966 bits per heavy atom. The van der Waals surface area contributed by atoms with E-state index in [1.807, 2.05) is 57.3 Å². The maximum atomic E-state index is 12.2. The second kappa shape index (κ2) is 9.38. The van der Waals surface area contributed by atoms with Gasteiger partial charge in [0.25, 0.3) is 5.91 Å². The molecular formula is C21H23N5O2S. The van der Waals surface area contributed by atoms with Gasteiger partial charge in [0.15, 0.2) is 11.0 Å². The molecule has 3 aromatic rings. The molecule has 8 heteroatoms. The van der Waals surface area contributed by atoms with Crippen molar-refractivity contribution in [3.8, 4) is 0 Å². The first-order chi connectivity index (χ1) is 13.9. The maximum Gasteiger partial charge on any atom is 0.251 e. The van der Waals surface area contributed by atoms with Gasteiger partial charge in [-0.1, -0.05) is 47.2 Å². The summed E-state index contributed by atoms with van der Waals surface area (Å²) in [4.78, 5) is 24.4. The fourth-order valence-corrected chi connectivity index (χ4v) is 3.29. The summed E-state index contributed by atoms with van der Waals surface area (Å²) in [6.45, 7) is 4.23. The van der Waals surface area contributed by atoms with Gasteiger partial charge in [-0.05, 0) is 38.1 Å². The number of nitrogens with one attached hydrogen (secondary N) is 2. The number of hydrogen-bond acceptors (Lipinski definition) is 5. The Labute approximate surface area is 173 Å². The van der Waals surface area contributed by atoms with E-state index in [9.17, 15) is 9.59 Å². The molecule has 0 bridgehead atoms. The van der Waals surface area contributed by atoms with Crippen molar-refractivity contribution in [2.45, 2.75) is 25.5 Å². The lowest BCUT2D eigenvalue weighted by Gasteiger charge is -2.07. The first kappa shape index (κ1) is 20.6. The Balaban J connectivity index is 1.51. The van der Waals surface area contributed by atoms with Crippen LogP contribution in [0.1, 0.15) is 27.3 Å². The van der Waals surface area contributed by atoms with E-state index in [-0.39, 0.29) is 24.1 Å². The Kier molecular flexibility index (Phi) is 6.66. The predicted octanol–water partition coefficient (Wildman–Crippen LogP) is 3.09. The highest BCUT2D eigenvalue weighted by atomic mass is 32.2. The van der Waals surface area contributed by atoms with Gasteiger partial charge >= 0.3 is 0 Å². The van der Waals surface area contributed by atoms with E-state index < -0.39 is 0 Å². The molecule has 1 heterocycles. The van der Waals surface area contributed by atoms with Gasteiger partial charge in [0.05, 0.1) is 12.3 Å². The molecule has 29 heavy (non-hydrogen) atoms. The molecule has 2 N–H and O–H groups in total. The van der Waals surface area contributed by atoms with Gasteiger partial charge in [-0.25, -0.2) is 0 Å². The number of hydrogen-bond donors (Lipinski definition) is 2. The van der Waals surface area contributed by atoms with Crippen molar-refractivity contribution >= 4 is 29.3 Å². The van der Waals surface area contributed by atoms with Crippen molar-refractivity contribution < 1.29 is 9.59 Å². The van der Waals surface area contributed by atoms with Gasteiger partial charge in [-0.15, -0.1) is 10.2 Å². The summed E-state index contributed by atoms with van der Waals surface area (Å²) in [6.07, 6.45) is 0. The Morgan fingerprint density at radius 2 is 1.59 bits per heavy atom. The zero-order valence-electron chi connectivity index (χ0n) is 16.6. The average molecular weight is 410 g/mol. The smallest absolute Gasteiger partial charge is 0.251 e. The van der Waals surface area contributed by atoms with Crippen LogP contribution in [0.5, 0.6) is 0 Å². The van der Waals surface area contributed by atoms with E-state index >= 15 is 0 Å². The van der Waals surface area contributed by atoms with Gasteiger partial charge in [0.2, 0.25) is 5.91 Å². The van der Waals surface area contributed by atoms with E-state index in [0.717, 1.165) is 16.8 Å². The van der Waals surface area contributed by atoms with Gasteiger partial charge < -0.3 is 15.2 Å². The minimum Gasteiger partial charge on any atom is -0.345 e. The highest BCUT2D eigenvalue weighted by molar-refractivity contribution is 7.99. The zero-order chi connectivity index (χ0) is 20.8. The molecule has 0 saturated carbocycles. The maximum absolute atomic E-state index is 12.2. The van der Waals surface area contributed by atoms with Crippen LogP contribution in [0.4, 0.5) is 5.69 Å². The second-order valence-electron chi connectivity index (χ2n) is 6.71. The summed E-state index contributed by atoms with van der Waals surface area (Å²) in [5, 5.41) is 14.5. The molecule has 0 spiro atoms. The van der Waals surface area contributed by atoms with Gasteiger partial charge in [-0.2, -0.15) is 0 Å². The fraction of sp³-hybridized carbons (Fsp3) is 0.238. The molecule has 0 atom stereocenters. The highest BCUT2D eigenvalue weighted by Crippen LogP contribution is 2.17. The molecule has 0 aliphatic carbocycles. The number of rotatable bonds is 7. The third-order valence-electron chi connectivity index (χ3n) is 4.31. The molecule has 3 rings (SSSR count). The SMILES string of the molecule is Cc1ccc(NC(=O)CSc2nnc(CNC(=O)c3ccc(C)cc3)n2C)cc1. The molecule has 1 aromatic heterocycles. The molecule has 0 unspecified atom stereocenters. The topological polar surface area (TPSA) is 88.9 Å². The largest absolute Gasteiger partial charge is 0.345 e. The summed E-state index contributed by atoms with van der Waals surface area (Å²) in [7, 11) is 1.81. The summed E-state index contributed by atoms with van der Waals surface area (Å²) in [5.41, 5.74) is 3.60. The molecule has 150 valence electrons. The van der Waals surface area contributed by atoms with E-state index in [1.54, 1.807) is 16.7 Å². The van der Waals surface area contributed by atoms with Crippen LogP contribution in [0.25, 0.3) is 0 Å². The normalized spacial score (nSPS) is 10.6. The Morgan fingerprint density at radius 3 is 2.24 bits per heavy atom. The Bertz CT molecular complexity index is 997. The van der Waals surface area contributed by atoms with Crippen molar-refractivity contribution in [1.29, 1.82) is 0 Å². The molecule has 2 amide bonds. The van der Waals surface area contributed by atoms with Crippen LogP contribution in [0.2, 0.25) is 0 Å². The van der Waals surface area contributed by atoms with Crippen molar-refractivity contribution in [3.05, 3.63) is 71.0 Å². The summed E-state index contributed by atoms with van der Waals surface area (Å²) in [6, 6.07) is 15.0. The summed E-state index contributed by atoms with van der Waals surface area (Å²) in [5.74, 6) is 0.554. The lowest BCUT2D eigenvalue weighted by atomic mass is 10.1. The molecule has 0 aliphatic heterocycles. The fourth-order valence-electron chi connectivity index (χ4n) is 2.56. The van der Waals surface area contributed by atoms with Crippen LogP contribution in [0.15, 0.2) is 53.7 Å². The molecule has 0 radical (unpaired) electrons. The van der Waals surface area contributed by atoms with Crippen molar-refractivity contribution in [2.24, 2.45) is 7.05 Å². The van der Waals surface area contributed by atoms with Crippen LogP contribution in [-0.2, 0) is 18.4 Å². The third-order valence-corrected chi connectivity index (χ3v) is 5.33. The van der Waals surface area contributed by atoms with Crippen LogP contribution in [0.3, 0.4) is 0 Å². The molecule has 0 fully saturated rings. The molecule has 7 nitrogen and oxygen atoms in total.